The Bertz CT molecular complexity index is 1460. The maximum Gasteiger partial charge on any atom is 0.513 e. The van der Waals surface area contributed by atoms with Gasteiger partial charge in [0.05, 0.1) is 29.5 Å². The highest BCUT2D eigenvalue weighted by Crippen LogP contribution is 2.60. The number of aliphatic hydroxyl groups is 1. The van der Waals surface area contributed by atoms with Crippen LogP contribution in [-0.4, -0.2) is 67.5 Å². The van der Waals surface area contributed by atoms with E-state index in [1.807, 2.05) is 42.8 Å². The van der Waals surface area contributed by atoms with E-state index in [2.05, 4.69) is 4.98 Å². The number of carbonyl (C=O) groups is 3. The fraction of sp³-hybridized carbons (Fsp3) is 0.385. The molecule has 2 N–H and O–H groups in total. The zero-order chi connectivity index (χ0) is 27.4. The van der Waals surface area contributed by atoms with Gasteiger partial charge in [-0.3, -0.25) is 9.20 Å². The normalized spacial score (nSPS) is 23.4. The van der Waals surface area contributed by atoms with Crippen LogP contribution in [0.3, 0.4) is 0 Å². The SMILES string of the molecule is CSc1ncn2cc(C3=C(C(=O)O)N4C(=O)[C@H]([C@@H](C)O)[C@@H]4C3(C)CCOC(=O)Oc3ccc(C)cc3)sc12. The molecule has 1 aromatic carbocycles. The molecule has 2 aliphatic heterocycles. The van der Waals surface area contributed by atoms with Gasteiger partial charge < -0.3 is 24.6 Å². The van der Waals surface area contributed by atoms with E-state index in [1.54, 1.807) is 18.5 Å². The van der Waals surface area contributed by atoms with Gasteiger partial charge in [-0.25, -0.2) is 14.6 Å². The van der Waals surface area contributed by atoms with E-state index in [0.717, 1.165) is 15.4 Å². The van der Waals surface area contributed by atoms with Gasteiger partial charge in [-0.1, -0.05) is 24.6 Å². The molecular formula is C26H27N3O7S2. The molecule has 2 aliphatic rings. The Morgan fingerprint density at radius 2 is 2.00 bits per heavy atom. The van der Waals surface area contributed by atoms with Gasteiger partial charge >= 0.3 is 12.1 Å². The van der Waals surface area contributed by atoms with E-state index < -0.39 is 41.5 Å². The summed E-state index contributed by atoms with van der Waals surface area (Å²) in [5, 5.41) is 21.5. The number of fused-ring (bicyclic) bond motifs is 2. The van der Waals surface area contributed by atoms with Gasteiger partial charge in [0.15, 0.2) is 0 Å². The number of β-lactam (4-membered cyclic amide) rings is 1. The van der Waals surface area contributed by atoms with Gasteiger partial charge in [0.25, 0.3) is 0 Å². The smallest absolute Gasteiger partial charge is 0.477 e. The molecule has 0 bridgehead atoms. The first-order chi connectivity index (χ1) is 18.1. The number of nitrogens with zero attached hydrogens (tertiary/aromatic N) is 3. The van der Waals surface area contributed by atoms with Gasteiger partial charge in [-0.15, -0.1) is 23.1 Å². The Labute approximate surface area is 226 Å². The summed E-state index contributed by atoms with van der Waals surface area (Å²) in [4.78, 5) is 45.1. The zero-order valence-corrected chi connectivity index (χ0v) is 22.8. The highest BCUT2D eigenvalue weighted by Gasteiger charge is 2.66. The molecule has 1 unspecified atom stereocenters. The molecule has 1 saturated heterocycles. The number of aliphatic carboxylic acids is 1. The summed E-state index contributed by atoms with van der Waals surface area (Å²) in [6, 6.07) is 6.35. The van der Waals surface area contributed by atoms with Crippen LogP contribution in [0.25, 0.3) is 10.4 Å². The van der Waals surface area contributed by atoms with E-state index in [9.17, 15) is 24.6 Å². The molecule has 4 atom stereocenters. The summed E-state index contributed by atoms with van der Waals surface area (Å²) in [7, 11) is 0. The first-order valence-corrected chi connectivity index (χ1v) is 14.0. The number of carboxylic acid groups (broad SMARTS) is 1. The van der Waals surface area contributed by atoms with E-state index in [4.69, 9.17) is 9.47 Å². The van der Waals surface area contributed by atoms with E-state index in [1.165, 1.54) is 34.9 Å². The monoisotopic (exact) mass is 557 g/mol. The van der Waals surface area contributed by atoms with Crippen LogP contribution in [0.5, 0.6) is 5.75 Å². The van der Waals surface area contributed by atoms with Crippen LogP contribution in [0.15, 0.2) is 47.5 Å². The van der Waals surface area contributed by atoms with Crippen LogP contribution in [0.1, 0.15) is 30.7 Å². The molecule has 5 rings (SSSR count). The van der Waals surface area contributed by atoms with Gasteiger partial charge in [0.1, 0.15) is 27.6 Å². The van der Waals surface area contributed by atoms with Crippen molar-refractivity contribution in [2.24, 2.45) is 11.3 Å². The van der Waals surface area contributed by atoms with Crippen molar-refractivity contribution in [2.45, 2.75) is 44.4 Å². The lowest BCUT2D eigenvalue weighted by atomic mass is 9.66. The number of benzene rings is 1. The number of hydrogen-bond acceptors (Lipinski definition) is 9. The highest BCUT2D eigenvalue weighted by atomic mass is 32.2. The fourth-order valence-electron chi connectivity index (χ4n) is 5.44. The number of amides is 1. The van der Waals surface area contributed by atoms with Gasteiger partial charge in [0, 0.05) is 17.2 Å². The van der Waals surface area contributed by atoms with Gasteiger partial charge in [0.2, 0.25) is 5.91 Å². The van der Waals surface area contributed by atoms with E-state index in [0.29, 0.717) is 16.2 Å². The molecule has 2 aromatic heterocycles. The number of aliphatic hydroxyl groups excluding tert-OH is 1. The summed E-state index contributed by atoms with van der Waals surface area (Å²) < 4.78 is 12.5. The minimum atomic E-state index is -1.23. The molecular weight excluding hydrogens is 530 g/mol. The first-order valence-electron chi connectivity index (χ1n) is 12.0. The Morgan fingerprint density at radius 1 is 1.29 bits per heavy atom. The molecule has 200 valence electrons. The van der Waals surface area contributed by atoms with E-state index in [-0.39, 0.29) is 18.7 Å². The number of rotatable bonds is 8. The highest BCUT2D eigenvalue weighted by molar-refractivity contribution is 7.98. The van der Waals surface area contributed by atoms with E-state index >= 15 is 0 Å². The van der Waals surface area contributed by atoms with Crippen LogP contribution in [-0.2, 0) is 14.3 Å². The molecule has 4 heterocycles. The van der Waals surface area contributed by atoms with Gasteiger partial charge in [-0.2, -0.15) is 0 Å². The third kappa shape index (κ3) is 4.16. The van der Waals surface area contributed by atoms with Crippen molar-refractivity contribution in [3.05, 3.63) is 52.9 Å². The molecule has 1 fully saturated rings. The summed E-state index contributed by atoms with van der Waals surface area (Å²) in [6.45, 7) is 5.23. The maximum atomic E-state index is 13.0. The minimum Gasteiger partial charge on any atom is -0.477 e. The fourth-order valence-corrected chi connectivity index (χ4v) is 7.40. The molecule has 10 nitrogen and oxygen atoms in total. The number of thioether (sulfide) groups is 1. The number of aromatic nitrogens is 2. The summed E-state index contributed by atoms with van der Waals surface area (Å²) in [5.41, 5.74) is 0.461. The van der Waals surface area contributed by atoms with Crippen molar-refractivity contribution in [1.29, 1.82) is 0 Å². The third-order valence-corrected chi connectivity index (χ3v) is 9.19. The van der Waals surface area contributed by atoms with Crippen molar-refractivity contribution in [3.63, 3.8) is 0 Å². The number of imidazole rings is 1. The Kier molecular flexibility index (Phi) is 6.74. The predicted octanol–water partition coefficient (Wildman–Crippen LogP) is 4.06. The lowest BCUT2D eigenvalue weighted by molar-refractivity contribution is -0.167. The largest absolute Gasteiger partial charge is 0.513 e. The second-order valence-corrected chi connectivity index (χ2v) is 11.5. The average molecular weight is 558 g/mol. The molecule has 0 radical (unpaired) electrons. The summed E-state index contributed by atoms with van der Waals surface area (Å²) >= 11 is 2.87. The van der Waals surface area contributed by atoms with Crippen LogP contribution >= 0.6 is 23.1 Å². The Hall–Kier alpha value is -3.35. The number of ether oxygens (including phenoxy) is 2. The number of carboxylic acids is 1. The molecule has 0 aliphatic carbocycles. The zero-order valence-electron chi connectivity index (χ0n) is 21.2. The molecule has 0 saturated carbocycles. The summed E-state index contributed by atoms with van der Waals surface area (Å²) in [5.74, 6) is -2.09. The van der Waals surface area contributed by atoms with Crippen LogP contribution < -0.4 is 4.74 Å². The number of carbonyl (C=O) groups excluding carboxylic acids is 2. The Morgan fingerprint density at radius 3 is 2.63 bits per heavy atom. The first kappa shape index (κ1) is 26.3. The lowest BCUT2D eigenvalue weighted by Gasteiger charge is -2.50. The molecule has 12 heteroatoms. The summed E-state index contributed by atoms with van der Waals surface area (Å²) in [6.07, 6.45) is 3.74. The third-order valence-electron chi connectivity index (χ3n) is 7.25. The van der Waals surface area contributed by atoms with Crippen molar-refractivity contribution in [3.8, 4) is 5.75 Å². The molecule has 3 aromatic rings. The van der Waals surface area contributed by atoms with Crippen molar-refractivity contribution >= 4 is 51.5 Å². The molecule has 1 amide bonds. The quantitative estimate of drug-likeness (QED) is 0.182. The van der Waals surface area contributed by atoms with Crippen LogP contribution in [0.4, 0.5) is 4.79 Å². The average Bonchev–Trinajstić information content (AvgIpc) is 3.49. The maximum absolute atomic E-state index is 13.0. The van der Waals surface area contributed by atoms with Crippen LogP contribution in [0.2, 0.25) is 0 Å². The number of aryl methyl sites for hydroxylation is 1. The molecule has 0 spiro atoms. The molecule has 38 heavy (non-hydrogen) atoms. The van der Waals surface area contributed by atoms with Gasteiger partial charge in [-0.05, 0) is 38.7 Å². The van der Waals surface area contributed by atoms with Crippen molar-refractivity contribution in [1.82, 2.24) is 14.3 Å². The standard InChI is InChI=1S/C26H27N3O7S2/c1-13-5-7-15(8-6-13)36-25(34)35-10-9-26(3)18(16-11-28-12-27-21(37-4)23(28)38-16)19(24(32)33)29-20(26)17(14(2)30)22(29)31/h5-8,11-12,14,17,20,30H,9-10H2,1-4H3,(H,32,33)/t14-,17-,20-,26?/m1/s1. The topological polar surface area (TPSA) is 131 Å². The van der Waals surface area contributed by atoms with Crippen molar-refractivity contribution in [2.75, 3.05) is 12.9 Å². The number of thiazole rings is 1. The lowest BCUT2D eigenvalue weighted by Crippen LogP contribution is -2.66. The Balaban J connectivity index is 1.48. The second-order valence-electron chi connectivity index (χ2n) is 9.69. The second kappa shape index (κ2) is 9.75. The van der Waals surface area contributed by atoms with Crippen LogP contribution in [0, 0.1) is 18.3 Å². The van der Waals surface area contributed by atoms with Crippen molar-refractivity contribution < 1.29 is 34.1 Å². The predicted molar refractivity (Wildman–Crippen MR) is 141 cm³/mol. The minimum absolute atomic E-state index is 0.0788. The number of hydrogen-bond donors (Lipinski definition) is 2.